The van der Waals surface area contributed by atoms with Crippen molar-refractivity contribution in [3.05, 3.63) is 94.3 Å². The van der Waals surface area contributed by atoms with Crippen LogP contribution in [0.3, 0.4) is 0 Å². The summed E-state index contributed by atoms with van der Waals surface area (Å²) in [6, 6.07) is 21.7. The summed E-state index contributed by atoms with van der Waals surface area (Å²) in [5, 5.41) is 3.78. The maximum atomic E-state index is 12.4. The molecule has 0 saturated heterocycles. The molecule has 3 aromatic carbocycles. The fraction of sp³-hybridized carbons (Fsp3) is 0.310. The summed E-state index contributed by atoms with van der Waals surface area (Å²) in [6.45, 7) is 6.16. The zero-order chi connectivity index (χ0) is 24.6. The lowest BCUT2D eigenvalue weighted by Crippen LogP contribution is -2.25. The maximum Gasteiger partial charge on any atom is 0.251 e. The van der Waals surface area contributed by atoms with E-state index in [1.54, 1.807) is 0 Å². The van der Waals surface area contributed by atoms with E-state index >= 15 is 0 Å². The number of nitrogens with one attached hydrogen (secondary N) is 1. The van der Waals surface area contributed by atoms with Crippen molar-refractivity contribution in [2.24, 2.45) is 0 Å². The molecule has 4 rings (SSSR count). The number of hydrogen-bond acceptors (Lipinski definition) is 3. The van der Waals surface area contributed by atoms with Crippen molar-refractivity contribution in [2.45, 2.75) is 46.1 Å². The lowest BCUT2D eigenvalue weighted by atomic mass is 10.1. The standard InChI is InChI=1S/C29H32ClN3O2/c1-21-11-13-23(14-12-21)29(34)31-17-7-10-28-32-26-8-3-4-9-27(26)33(28)18-5-6-19-35-24-15-16-25(30)22(2)20-24/h3-4,8-9,11-16,20H,5-7,10,17-19H2,1-2H3,(H,31,34). The van der Waals surface area contributed by atoms with Gasteiger partial charge < -0.3 is 14.6 Å². The normalized spacial score (nSPS) is 11.1. The minimum absolute atomic E-state index is 0.0330. The van der Waals surface area contributed by atoms with E-state index < -0.39 is 0 Å². The number of benzene rings is 3. The van der Waals surface area contributed by atoms with E-state index in [1.165, 1.54) is 0 Å². The van der Waals surface area contributed by atoms with Crippen molar-refractivity contribution in [2.75, 3.05) is 13.2 Å². The molecule has 0 saturated carbocycles. The molecule has 182 valence electrons. The highest BCUT2D eigenvalue weighted by Gasteiger charge is 2.11. The Hall–Kier alpha value is -3.31. The second-order valence-corrected chi connectivity index (χ2v) is 9.27. The molecule has 35 heavy (non-hydrogen) atoms. The average Bonchev–Trinajstić information content (AvgIpc) is 3.21. The highest BCUT2D eigenvalue weighted by molar-refractivity contribution is 6.31. The van der Waals surface area contributed by atoms with Gasteiger partial charge in [0.25, 0.3) is 5.91 Å². The molecule has 0 atom stereocenters. The third-order valence-corrected chi connectivity index (χ3v) is 6.51. The number of carbonyl (C=O) groups is 1. The van der Waals surface area contributed by atoms with Gasteiger partial charge in [0.1, 0.15) is 11.6 Å². The van der Waals surface area contributed by atoms with Crippen LogP contribution in [-0.2, 0) is 13.0 Å². The van der Waals surface area contributed by atoms with Crippen molar-refractivity contribution in [1.82, 2.24) is 14.9 Å². The molecule has 4 aromatic rings. The van der Waals surface area contributed by atoms with E-state index in [2.05, 4.69) is 28.1 Å². The van der Waals surface area contributed by atoms with Crippen molar-refractivity contribution in [1.29, 1.82) is 0 Å². The quantitative estimate of drug-likeness (QED) is 0.244. The number of rotatable bonds is 11. The second-order valence-electron chi connectivity index (χ2n) is 8.86. The van der Waals surface area contributed by atoms with E-state index in [0.717, 1.165) is 71.0 Å². The Bertz CT molecular complexity index is 1280. The molecular formula is C29H32ClN3O2. The molecular weight excluding hydrogens is 458 g/mol. The van der Waals surface area contributed by atoms with Gasteiger partial charge >= 0.3 is 0 Å². The average molecular weight is 490 g/mol. The lowest BCUT2D eigenvalue weighted by molar-refractivity contribution is 0.0953. The van der Waals surface area contributed by atoms with Gasteiger partial charge in [0.15, 0.2) is 0 Å². The predicted octanol–water partition coefficient (Wildman–Crippen LogP) is 6.53. The van der Waals surface area contributed by atoms with Gasteiger partial charge in [-0.05, 0) is 81.1 Å². The van der Waals surface area contributed by atoms with Crippen LogP contribution < -0.4 is 10.1 Å². The summed E-state index contributed by atoms with van der Waals surface area (Å²) < 4.78 is 8.21. The fourth-order valence-corrected chi connectivity index (χ4v) is 4.21. The van der Waals surface area contributed by atoms with Crippen LogP contribution in [0.1, 0.15) is 46.6 Å². The number of para-hydroxylation sites is 2. The van der Waals surface area contributed by atoms with Crippen LogP contribution in [0.4, 0.5) is 0 Å². The van der Waals surface area contributed by atoms with E-state index in [0.29, 0.717) is 18.7 Å². The molecule has 5 nitrogen and oxygen atoms in total. The number of amides is 1. The molecule has 0 bridgehead atoms. The zero-order valence-corrected chi connectivity index (χ0v) is 21.1. The monoisotopic (exact) mass is 489 g/mol. The molecule has 1 heterocycles. The molecule has 0 aliphatic carbocycles. The highest BCUT2D eigenvalue weighted by Crippen LogP contribution is 2.22. The number of unbranched alkanes of at least 4 members (excludes halogenated alkanes) is 1. The predicted molar refractivity (Wildman–Crippen MR) is 142 cm³/mol. The van der Waals surface area contributed by atoms with E-state index in [1.807, 2.05) is 62.4 Å². The van der Waals surface area contributed by atoms with E-state index in [4.69, 9.17) is 21.3 Å². The van der Waals surface area contributed by atoms with Gasteiger partial charge in [0, 0.05) is 30.1 Å². The van der Waals surface area contributed by atoms with Crippen LogP contribution in [0, 0.1) is 13.8 Å². The molecule has 1 amide bonds. The first kappa shape index (κ1) is 24.8. The molecule has 0 aliphatic heterocycles. The van der Waals surface area contributed by atoms with Crippen molar-refractivity contribution in [3.8, 4) is 5.75 Å². The van der Waals surface area contributed by atoms with Gasteiger partial charge in [-0.2, -0.15) is 0 Å². The largest absolute Gasteiger partial charge is 0.494 e. The minimum Gasteiger partial charge on any atom is -0.494 e. The number of hydrogen-bond donors (Lipinski definition) is 1. The Kier molecular flexibility index (Phi) is 8.43. The molecule has 0 fully saturated rings. The second kappa shape index (κ2) is 11.9. The first-order chi connectivity index (χ1) is 17.0. The lowest BCUT2D eigenvalue weighted by Gasteiger charge is -2.11. The Morgan fingerprint density at radius 1 is 1.00 bits per heavy atom. The summed E-state index contributed by atoms with van der Waals surface area (Å²) in [5.74, 6) is 1.88. The fourth-order valence-electron chi connectivity index (χ4n) is 4.09. The Morgan fingerprint density at radius 2 is 1.80 bits per heavy atom. The van der Waals surface area contributed by atoms with Crippen LogP contribution in [0.15, 0.2) is 66.7 Å². The van der Waals surface area contributed by atoms with Crippen LogP contribution in [0.2, 0.25) is 5.02 Å². The van der Waals surface area contributed by atoms with Crippen LogP contribution >= 0.6 is 11.6 Å². The molecule has 1 N–H and O–H groups in total. The first-order valence-electron chi connectivity index (χ1n) is 12.2. The summed E-state index contributed by atoms with van der Waals surface area (Å²) in [7, 11) is 0. The van der Waals surface area contributed by atoms with Crippen LogP contribution in [-0.4, -0.2) is 28.6 Å². The molecule has 1 aromatic heterocycles. The van der Waals surface area contributed by atoms with Crippen molar-refractivity contribution in [3.63, 3.8) is 0 Å². The summed E-state index contributed by atoms with van der Waals surface area (Å²) in [6.07, 6.45) is 3.58. The minimum atomic E-state index is -0.0330. The van der Waals surface area contributed by atoms with Crippen molar-refractivity contribution >= 4 is 28.5 Å². The number of halogens is 1. The van der Waals surface area contributed by atoms with Crippen LogP contribution in [0.5, 0.6) is 5.75 Å². The number of nitrogens with zero attached hydrogens (tertiary/aromatic N) is 2. The molecule has 0 radical (unpaired) electrons. The third kappa shape index (κ3) is 6.64. The van der Waals surface area contributed by atoms with Crippen LogP contribution in [0.25, 0.3) is 11.0 Å². The van der Waals surface area contributed by atoms with E-state index in [9.17, 15) is 4.79 Å². The van der Waals surface area contributed by atoms with Gasteiger partial charge in [0.05, 0.1) is 17.6 Å². The SMILES string of the molecule is Cc1ccc(C(=O)NCCCc2nc3ccccc3n2CCCCOc2ccc(Cl)c(C)c2)cc1. The highest BCUT2D eigenvalue weighted by atomic mass is 35.5. The molecule has 0 spiro atoms. The Labute approximate surface area is 212 Å². The number of carbonyl (C=O) groups excluding carboxylic acids is 1. The number of ether oxygens (including phenoxy) is 1. The Morgan fingerprint density at radius 3 is 2.60 bits per heavy atom. The van der Waals surface area contributed by atoms with Gasteiger partial charge in [0.2, 0.25) is 0 Å². The first-order valence-corrected chi connectivity index (χ1v) is 12.6. The summed E-state index contributed by atoms with van der Waals surface area (Å²) in [4.78, 5) is 17.2. The van der Waals surface area contributed by atoms with Crippen molar-refractivity contribution < 1.29 is 9.53 Å². The molecule has 0 aliphatic rings. The van der Waals surface area contributed by atoms with Gasteiger partial charge in [-0.3, -0.25) is 4.79 Å². The summed E-state index contributed by atoms with van der Waals surface area (Å²) >= 11 is 6.09. The van der Waals surface area contributed by atoms with Gasteiger partial charge in [-0.1, -0.05) is 41.4 Å². The number of fused-ring (bicyclic) bond motifs is 1. The number of aromatic nitrogens is 2. The van der Waals surface area contributed by atoms with Gasteiger partial charge in [-0.15, -0.1) is 0 Å². The topological polar surface area (TPSA) is 56.2 Å². The molecule has 0 unspecified atom stereocenters. The third-order valence-electron chi connectivity index (χ3n) is 6.08. The maximum absolute atomic E-state index is 12.4. The van der Waals surface area contributed by atoms with E-state index in [-0.39, 0.29) is 5.91 Å². The number of imidazole rings is 1. The summed E-state index contributed by atoms with van der Waals surface area (Å²) in [5.41, 5.74) is 5.03. The smallest absolute Gasteiger partial charge is 0.251 e. The van der Waals surface area contributed by atoms with Gasteiger partial charge in [-0.25, -0.2) is 4.98 Å². The zero-order valence-electron chi connectivity index (χ0n) is 20.4. The molecule has 6 heteroatoms. The Balaban J connectivity index is 1.28. The number of aryl methyl sites for hydroxylation is 4.